The lowest BCUT2D eigenvalue weighted by Crippen LogP contribution is -2.29. The first-order chi connectivity index (χ1) is 13.6. The summed E-state index contributed by atoms with van der Waals surface area (Å²) in [6.45, 7) is -0.192. The molecule has 0 saturated heterocycles. The Labute approximate surface area is 160 Å². The van der Waals surface area contributed by atoms with E-state index in [9.17, 15) is 31.1 Å². The van der Waals surface area contributed by atoms with Gasteiger partial charge in [0, 0.05) is 12.6 Å². The first-order valence-corrected chi connectivity index (χ1v) is 8.17. The molecule has 0 unspecified atom stereocenters. The van der Waals surface area contributed by atoms with E-state index in [1.54, 1.807) is 0 Å². The summed E-state index contributed by atoms with van der Waals surface area (Å²) in [4.78, 5) is 12.2. The Balaban J connectivity index is 1.80. The molecular weight excluding hydrogens is 402 g/mol. The van der Waals surface area contributed by atoms with Crippen LogP contribution in [0.2, 0.25) is 0 Å². The Morgan fingerprint density at radius 2 is 1.59 bits per heavy atom. The van der Waals surface area contributed by atoms with Crippen molar-refractivity contribution in [2.24, 2.45) is 0 Å². The molecule has 0 spiro atoms. The zero-order valence-electron chi connectivity index (χ0n) is 14.5. The Bertz CT molecular complexity index is 1010. The minimum absolute atomic E-state index is 0.0200. The maximum absolute atomic E-state index is 13.5. The normalized spacial score (nSPS) is 11.5. The summed E-state index contributed by atoms with van der Waals surface area (Å²) in [6, 6.07) is 6.75. The van der Waals surface area contributed by atoms with Gasteiger partial charge in [0.2, 0.25) is 0 Å². The van der Waals surface area contributed by atoms with Crippen molar-refractivity contribution in [1.29, 1.82) is 0 Å². The number of benzene rings is 2. The molecule has 1 aromatic heterocycles. The molecule has 0 bridgehead atoms. The number of amides is 1. The molecule has 11 heteroatoms. The van der Waals surface area contributed by atoms with Gasteiger partial charge in [-0.1, -0.05) is 5.21 Å². The molecule has 0 atom stereocenters. The van der Waals surface area contributed by atoms with E-state index in [1.807, 2.05) is 0 Å². The Hall–Kier alpha value is -3.37. The van der Waals surface area contributed by atoms with Gasteiger partial charge in [-0.05, 0) is 48.4 Å². The van der Waals surface area contributed by atoms with Crippen LogP contribution < -0.4 is 5.32 Å². The molecule has 0 aliphatic carbocycles. The zero-order valence-corrected chi connectivity index (χ0v) is 14.5. The average Bonchev–Trinajstić information content (AvgIpc) is 3.07. The number of carbonyl (C=O) groups excluding carboxylic acids is 1. The summed E-state index contributed by atoms with van der Waals surface area (Å²) >= 11 is 0. The number of carbonyl (C=O) groups is 1. The van der Waals surface area contributed by atoms with Gasteiger partial charge in [0.1, 0.15) is 17.5 Å². The molecule has 1 N–H and O–H groups in total. The predicted molar refractivity (Wildman–Crippen MR) is 88.7 cm³/mol. The van der Waals surface area contributed by atoms with Crippen molar-refractivity contribution in [3.63, 3.8) is 0 Å². The molecule has 0 aliphatic heterocycles. The van der Waals surface area contributed by atoms with E-state index in [1.165, 1.54) is 0 Å². The lowest BCUT2D eigenvalue weighted by atomic mass is 10.1. The fourth-order valence-corrected chi connectivity index (χ4v) is 2.61. The van der Waals surface area contributed by atoms with Gasteiger partial charge in [0.25, 0.3) is 5.91 Å². The molecular formula is C18H12F6N4O. The van der Waals surface area contributed by atoms with Crippen LogP contribution in [-0.4, -0.2) is 27.4 Å². The van der Waals surface area contributed by atoms with E-state index < -0.39 is 40.9 Å². The fraction of sp³-hybridized carbons (Fsp3) is 0.167. The van der Waals surface area contributed by atoms with Crippen molar-refractivity contribution in [2.75, 3.05) is 6.54 Å². The van der Waals surface area contributed by atoms with Gasteiger partial charge in [-0.3, -0.25) is 4.79 Å². The molecule has 5 nitrogen and oxygen atoms in total. The van der Waals surface area contributed by atoms with Crippen LogP contribution in [0.15, 0.2) is 42.5 Å². The summed E-state index contributed by atoms with van der Waals surface area (Å²) < 4.78 is 80.2. The number of aromatic nitrogens is 3. The van der Waals surface area contributed by atoms with Gasteiger partial charge in [-0.15, -0.1) is 5.10 Å². The fourth-order valence-electron chi connectivity index (χ4n) is 2.61. The van der Waals surface area contributed by atoms with E-state index in [0.717, 1.165) is 36.4 Å². The number of nitrogens with zero attached hydrogens (tertiary/aromatic N) is 3. The van der Waals surface area contributed by atoms with Gasteiger partial charge >= 0.3 is 6.18 Å². The van der Waals surface area contributed by atoms with Crippen LogP contribution in [0.3, 0.4) is 0 Å². The van der Waals surface area contributed by atoms with Crippen LogP contribution in [0.4, 0.5) is 26.3 Å². The van der Waals surface area contributed by atoms with Gasteiger partial charge in [0.15, 0.2) is 11.4 Å². The van der Waals surface area contributed by atoms with Gasteiger partial charge < -0.3 is 5.32 Å². The van der Waals surface area contributed by atoms with E-state index in [-0.39, 0.29) is 24.2 Å². The Morgan fingerprint density at radius 3 is 2.17 bits per heavy atom. The number of halogens is 6. The number of alkyl halides is 3. The molecule has 2 aromatic carbocycles. The lowest BCUT2D eigenvalue weighted by Gasteiger charge is -2.11. The van der Waals surface area contributed by atoms with Crippen molar-refractivity contribution < 1.29 is 31.1 Å². The van der Waals surface area contributed by atoms with Crippen LogP contribution in [0, 0.1) is 17.5 Å². The van der Waals surface area contributed by atoms with Crippen molar-refractivity contribution >= 4 is 5.91 Å². The molecule has 29 heavy (non-hydrogen) atoms. The number of hydrogen-bond donors (Lipinski definition) is 1. The first-order valence-electron chi connectivity index (χ1n) is 8.17. The third kappa shape index (κ3) is 4.73. The van der Waals surface area contributed by atoms with Crippen LogP contribution in [0.1, 0.15) is 21.7 Å². The second-order valence-electron chi connectivity index (χ2n) is 5.96. The van der Waals surface area contributed by atoms with Gasteiger partial charge in [-0.25, -0.2) is 17.9 Å². The van der Waals surface area contributed by atoms with Gasteiger partial charge in [0.05, 0.1) is 5.69 Å². The summed E-state index contributed by atoms with van der Waals surface area (Å²) in [6.07, 6.45) is -5.00. The van der Waals surface area contributed by atoms with Crippen molar-refractivity contribution in [1.82, 2.24) is 20.3 Å². The Kier molecular flexibility index (Phi) is 5.57. The molecule has 3 rings (SSSR count). The Morgan fingerprint density at radius 1 is 0.966 bits per heavy atom. The zero-order chi connectivity index (χ0) is 21.2. The lowest BCUT2D eigenvalue weighted by molar-refractivity contribution is -0.143. The topological polar surface area (TPSA) is 59.8 Å². The van der Waals surface area contributed by atoms with E-state index in [2.05, 4.69) is 15.6 Å². The summed E-state index contributed by atoms with van der Waals surface area (Å²) in [5.74, 6) is -3.45. The molecule has 0 radical (unpaired) electrons. The molecule has 0 saturated carbocycles. The standard InChI is InChI=1S/C18H12F6N4O/c19-11-1-3-14(4-2-11)28-16(18(22,23)24)15(26-27-28)17(29)25-6-5-10-7-12(20)9-13(21)8-10/h1-4,7-9H,5-6H2,(H,25,29). The summed E-state index contributed by atoms with van der Waals surface area (Å²) in [5, 5.41) is 8.87. The first kappa shape index (κ1) is 20.4. The minimum atomic E-state index is -4.98. The summed E-state index contributed by atoms with van der Waals surface area (Å²) in [5.41, 5.74) is -2.33. The minimum Gasteiger partial charge on any atom is -0.350 e. The van der Waals surface area contributed by atoms with Gasteiger partial charge in [-0.2, -0.15) is 13.2 Å². The average molecular weight is 414 g/mol. The molecule has 1 heterocycles. The third-order valence-electron chi connectivity index (χ3n) is 3.85. The highest BCUT2D eigenvalue weighted by Crippen LogP contribution is 2.32. The van der Waals surface area contributed by atoms with Crippen molar-refractivity contribution in [3.05, 3.63) is 76.9 Å². The quantitative estimate of drug-likeness (QED) is 0.648. The molecule has 0 aliphatic rings. The third-order valence-corrected chi connectivity index (χ3v) is 3.85. The van der Waals surface area contributed by atoms with E-state index in [4.69, 9.17) is 0 Å². The maximum Gasteiger partial charge on any atom is 0.435 e. The highest BCUT2D eigenvalue weighted by atomic mass is 19.4. The van der Waals surface area contributed by atoms with Crippen molar-refractivity contribution in [2.45, 2.75) is 12.6 Å². The van der Waals surface area contributed by atoms with Crippen molar-refractivity contribution in [3.8, 4) is 5.69 Å². The number of nitrogens with one attached hydrogen (secondary N) is 1. The molecule has 1 amide bonds. The second-order valence-corrected chi connectivity index (χ2v) is 5.96. The SMILES string of the molecule is O=C(NCCc1cc(F)cc(F)c1)c1nnn(-c2ccc(F)cc2)c1C(F)(F)F. The monoisotopic (exact) mass is 414 g/mol. The molecule has 0 fully saturated rings. The number of rotatable bonds is 5. The smallest absolute Gasteiger partial charge is 0.350 e. The van der Waals surface area contributed by atoms with E-state index >= 15 is 0 Å². The van der Waals surface area contributed by atoms with Crippen LogP contribution in [-0.2, 0) is 12.6 Å². The molecule has 3 aromatic rings. The van der Waals surface area contributed by atoms with Crippen LogP contribution in [0.5, 0.6) is 0 Å². The number of hydrogen-bond acceptors (Lipinski definition) is 3. The van der Waals surface area contributed by atoms with E-state index in [0.29, 0.717) is 10.7 Å². The highest BCUT2D eigenvalue weighted by Gasteiger charge is 2.41. The predicted octanol–water partition coefficient (Wildman–Crippen LogP) is 3.68. The maximum atomic E-state index is 13.5. The van der Waals surface area contributed by atoms with Crippen LogP contribution >= 0.6 is 0 Å². The van der Waals surface area contributed by atoms with Crippen LogP contribution in [0.25, 0.3) is 5.69 Å². The highest BCUT2D eigenvalue weighted by molar-refractivity contribution is 5.93. The molecule has 152 valence electrons. The summed E-state index contributed by atoms with van der Waals surface area (Å²) in [7, 11) is 0. The second kappa shape index (κ2) is 7.94. The largest absolute Gasteiger partial charge is 0.435 e.